The second-order valence-electron chi connectivity index (χ2n) is 5.54. The fourth-order valence-electron chi connectivity index (χ4n) is 2.28. The number of nitrogens with zero attached hydrogens (tertiary/aromatic N) is 4. The van der Waals surface area contributed by atoms with Gasteiger partial charge in [-0.25, -0.2) is 5.43 Å². The molecule has 0 unspecified atom stereocenters. The summed E-state index contributed by atoms with van der Waals surface area (Å²) in [6.07, 6.45) is 3.10. The van der Waals surface area contributed by atoms with Crippen LogP contribution in [-0.4, -0.2) is 26.8 Å². The molecule has 0 aliphatic heterocycles. The molecule has 0 bridgehead atoms. The van der Waals surface area contributed by atoms with Crippen molar-refractivity contribution in [2.75, 3.05) is 0 Å². The van der Waals surface area contributed by atoms with E-state index in [1.54, 1.807) is 47.3 Å². The van der Waals surface area contributed by atoms with E-state index >= 15 is 0 Å². The lowest BCUT2D eigenvalue weighted by Gasteiger charge is -2.01. The molecule has 9 heteroatoms. The lowest BCUT2D eigenvalue weighted by Crippen LogP contribution is -2.18. The Bertz CT molecular complexity index is 998. The highest BCUT2D eigenvalue weighted by Gasteiger charge is 2.09. The minimum Gasteiger partial charge on any atom is -0.268 e. The number of non-ortho nitro benzene ring substituents is 1. The Morgan fingerprint density at radius 2 is 1.96 bits per heavy atom. The quantitative estimate of drug-likeness (QED) is 0.401. The monoisotopic (exact) mass is 383 g/mol. The minimum absolute atomic E-state index is 0.0238. The SMILES string of the molecule is O=C(N/N=C/c1ccccc1Cl)c1ccn(Cc2ccc([N+](=O)[O-])cc2)n1. The van der Waals surface area contributed by atoms with Crippen LogP contribution in [0.4, 0.5) is 5.69 Å². The number of nitro groups is 1. The number of carbonyl (C=O) groups excluding carboxylic acids is 1. The predicted molar refractivity (Wildman–Crippen MR) is 101 cm³/mol. The van der Waals surface area contributed by atoms with Crippen LogP contribution in [0.3, 0.4) is 0 Å². The van der Waals surface area contributed by atoms with Crippen molar-refractivity contribution >= 4 is 29.4 Å². The van der Waals surface area contributed by atoms with E-state index < -0.39 is 10.8 Å². The third-order valence-corrected chi connectivity index (χ3v) is 3.98. The lowest BCUT2D eigenvalue weighted by molar-refractivity contribution is -0.384. The van der Waals surface area contributed by atoms with Crippen LogP contribution >= 0.6 is 11.6 Å². The van der Waals surface area contributed by atoms with Crippen molar-refractivity contribution in [3.63, 3.8) is 0 Å². The number of hydrazone groups is 1. The summed E-state index contributed by atoms with van der Waals surface area (Å²) in [4.78, 5) is 22.3. The van der Waals surface area contributed by atoms with Gasteiger partial charge in [0.15, 0.2) is 5.69 Å². The molecule has 1 amide bonds. The summed E-state index contributed by atoms with van der Waals surface area (Å²) >= 11 is 6.01. The largest absolute Gasteiger partial charge is 0.291 e. The Morgan fingerprint density at radius 1 is 1.22 bits per heavy atom. The summed E-state index contributed by atoms with van der Waals surface area (Å²) in [6.45, 7) is 0.383. The average molecular weight is 384 g/mol. The fraction of sp³-hybridized carbons (Fsp3) is 0.0556. The Labute approximate surface area is 159 Å². The van der Waals surface area contributed by atoms with Gasteiger partial charge in [0.05, 0.1) is 17.7 Å². The Morgan fingerprint density at radius 3 is 2.67 bits per heavy atom. The van der Waals surface area contributed by atoms with Gasteiger partial charge >= 0.3 is 0 Å². The number of nitro benzene ring substituents is 1. The van der Waals surface area contributed by atoms with Crippen molar-refractivity contribution in [3.8, 4) is 0 Å². The van der Waals surface area contributed by atoms with Gasteiger partial charge in [0.1, 0.15) is 0 Å². The predicted octanol–water partition coefficient (Wildman–Crippen LogP) is 3.26. The molecule has 1 aromatic heterocycles. The molecule has 3 aromatic rings. The first-order chi connectivity index (χ1) is 13.0. The third-order valence-electron chi connectivity index (χ3n) is 3.64. The zero-order valence-corrected chi connectivity index (χ0v) is 14.7. The van der Waals surface area contributed by atoms with E-state index in [0.29, 0.717) is 17.1 Å². The molecule has 0 aliphatic rings. The fourth-order valence-corrected chi connectivity index (χ4v) is 2.46. The second kappa shape index (κ2) is 8.24. The van der Waals surface area contributed by atoms with Crippen LogP contribution < -0.4 is 5.43 Å². The van der Waals surface area contributed by atoms with Crippen molar-refractivity contribution in [2.45, 2.75) is 6.54 Å². The first-order valence-electron chi connectivity index (χ1n) is 7.87. The molecule has 0 saturated carbocycles. The number of halogens is 1. The molecule has 0 atom stereocenters. The first-order valence-corrected chi connectivity index (χ1v) is 8.25. The summed E-state index contributed by atoms with van der Waals surface area (Å²) < 4.78 is 1.56. The number of rotatable bonds is 6. The van der Waals surface area contributed by atoms with Gasteiger partial charge in [-0.05, 0) is 17.7 Å². The first kappa shape index (κ1) is 18.3. The summed E-state index contributed by atoms with van der Waals surface area (Å²) in [5.74, 6) is -0.458. The summed E-state index contributed by atoms with van der Waals surface area (Å²) in [6, 6.07) is 14.8. The van der Waals surface area contributed by atoms with Crippen LogP contribution in [0.5, 0.6) is 0 Å². The molecule has 3 rings (SSSR count). The van der Waals surface area contributed by atoms with Gasteiger partial charge < -0.3 is 0 Å². The van der Waals surface area contributed by atoms with Gasteiger partial charge in [-0.2, -0.15) is 10.2 Å². The molecule has 0 spiro atoms. The normalized spacial score (nSPS) is 10.9. The van der Waals surface area contributed by atoms with Crippen LogP contribution in [-0.2, 0) is 6.54 Å². The van der Waals surface area contributed by atoms with Gasteiger partial charge in [-0.15, -0.1) is 0 Å². The van der Waals surface area contributed by atoms with E-state index in [1.165, 1.54) is 18.3 Å². The molecule has 0 aliphatic carbocycles. The van der Waals surface area contributed by atoms with E-state index in [9.17, 15) is 14.9 Å². The van der Waals surface area contributed by atoms with Crippen LogP contribution in [0, 0.1) is 10.1 Å². The van der Waals surface area contributed by atoms with Crippen LogP contribution in [0.1, 0.15) is 21.6 Å². The molecule has 136 valence electrons. The Kier molecular flexibility index (Phi) is 5.58. The zero-order chi connectivity index (χ0) is 19.2. The summed E-state index contributed by atoms with van der Waals surface area (Å²) in [5.41, 5.74) is 4.13. The Balaban J connectivity index is 1.60. The number of hydrogen-bond acceptors (Lipinski definition) is 5. The van der Waals surface area contributed by atoms with E-state index in [2.05, 4.69) is 15.6 Å². The van der Waals surface area contributed by atoms with Gasteiger partial charge in [-0.1, -0.05) is 41.9 Å². The highest BCUT2D eigenvalue weighted by molar-refractivity contribution is 6.33. The molecule has 8 nitrogen and oxygen atoms in total. The standard InChI is InChI=1S/C18H14ClN5O3/c19-16-4-2-1-3-14(16)11-20-21-18(25)17-9-10-23(22-17)12-13-5-7-15(8-6-13)24(26)27/h1-11H,12H2,(H,21,25)/b20-11+. The minimum atomic E-state index is -0.458. The van der Waals surface area contributed by atoms with Gasteiger partial charge in [-0.3, -0.25) is 19.6 Å². The molecular weight excluding hydrogens is 370 g/mol. The van der Waals surface area contributed by atoms with E-state index in [1.807, 2.05) is 6.07 Å². The van der Waals surface area contributed by atoms with Crippen molar-refractivity contribution in [2.24, 2.45) is 5.10 Å². The average Bonchev–Trinajstić information content (AvgIpc) is 3.12. The smallest absolute Gasteiger partial charge is 0.268 e. The summed E-state index contributed by atoms with van der Waals surface area (Å²) in [7, 11) is 0. The van der Waals surface area contributed by atoms with Crippen LogP contribution in [0.25, 0.3) is 0 Å². The number of nitrogens with one attached hydrogen (secondary N) is 1. The van der Waals surface area contributed by atoms with E-state index in [-0.39, 0.29) is 11.4 Å². The van der Waals surface area contributed by atoms with Gasteiger partial charge in [0.25, 0.3) is 11.6 Å². The number of amides is 1. The third kappa shape index (κ3) is 4.77. The van der Waals surface area contributed by atoms with Crippen LogP contribution in [0.15, 0.2) is 65.9 Å². The number of aromatic nitrogens is 2. The van der Waals surface area contributed by atoms with Gasteiger partial charge in [0, 0.05) is 28.9 Å². The zero-order valence-electron chi connectivity index (χ0n) is 13.9. The maximum Gasteiger partial charge on any atom is 0.291 e. The molecule has 2 aromatic carbocycles. The highest BCUT2D eigenvalue weighted by Crippen LogP contribution is 2.13. The van der Waals surface area contributed by atoms with E-state index in [0.717, 1.165) is 5.56 Å². The molecule has 0 saturated heterocycles. The molecule has 1 N–H and O–H groups in total. The van der Waals surface area contributed by atoms with Crippen molar-refractivity contribution < 1.29 is 9.72 Å². The van der Waals surface area contributed by atoms with Crippen molar-refractivity contribution in [3.05, 3.63) is 92.8 Å². The maximum atomic E-state index is 12.1. The van der Waals surface area contributed by atoms with Gasteiger partial charge in [0.2, 0.25) is 0 Å². The van der Waals surface area contributed by atoms with Crippen molar-refractivity contribution in [1.82, 2.24) is 15.2 Å². The number of carbonyl (C=O) groups is 1. The highest BCUT2D eigenvalue weighted by atomic mass is 35.5. The van der Waals surface area contributed by atoms with Crippen molar-refractivity contribution in [1.29, 1.82) is 0 Å². The lowest BCUT2D eigenvalue weighted by atomic mass is 10.2. The second-order valence-corrected chi connectivity index (χ2v) is 5.95. The Hall–Kier alpha value is -3.52. The topological polar surface area (TPSA) is 102 Å². The maximum absolute atomic E-state index is 12.1. The number of benzene rings is 2. The summed E-state index contributed by atoms with van der Waals surface area (Å²) in [5, 5.41) is 19.3. The van der Waals surface area contributed by atoms with E-state index in [4.69, 9.17) is 11.6 Å². The molecule has 27 heavy (non-hydrogen) atoms. The molecule has 1 heterocycles. The number of hydrogen-bond donors (Lipinski definition) is 1. The molecular formula is C18H14ClN5O3. The molecule has 0 fully saturated rings. The molecule has 0 radical (unpaired) electrons. The van der Waals surface area contributed by atoms with Crippen LogP contribution in [0.2, 0.25) is 5.02 Å².